The molecule has 2 aliphatic heterocycles. The monoisotopic (exact) mass is 182 g/mol. The molecule has 4 heteroatoms. The van der Waals surface area contributed by atoms with Crippen LogP contribution in [0.4, 0.5) is 0 Å². The molecule has 0 amide bonds. The van der Waals surface area contributed by atoms with E-state index in [9.17, 15) is 0 Å². The Morgan fingerprint density at radius 2 is 1.85 bits per heavy atom. The van der Waals surface area contributed by atoms with Crippen LogP contribution in [0.1, 0.15) is 27.2 Å². The summed E-state index contributed by atoms with van der Waals surface area (Å²) in [4.78, 5) is 0. The van der Waals surface area contributed by atoms with Crippen molar-refractivity contribution < 1.29 is 14.2 Å². The first-order chi connectivity index (χ1) is 6.03. The molecule has 0 spiro atoms. The molecule has 0 bridgehead atoms. The topological polar surface area (TPSA) is 27.7 Å². The lowest BCUT2D eigenvalue weighted by Crippen LogP contribution is -2.29. The van der Waals surface area contributed by atoms with Gasteiger partial charge in [0, 0.05) is 6.00 Å². The molecule has 2 rings (SSSR count). The predicted molar refractivity (Wildman–Crippen MR) is 48.5 cm³/mol. The van der Waals surface area contributed by atoms with Gasteiger partial charge in [-0.25, -0.2) is 0 Å². The zero-order valence-corrected chi connectivity index (χ0v) is 8.32. The summed E-state index contributed by atoms with van der Waals surface area (Å²) in [7, 11) is 5.78. The third kappa shape index (κ3) is 1.51. The quantitative estimate of drug-likeness (QED) is 0.561. The number of fused-ring (bicyclic) bond motifs is 1. The number of hydrogen-bond acceptors (Lipinski definition) is 3. The fourth-order valence-corrected chi connectivity index (χ4v) is 2.04. The Morgan fingerprint density at radius 1 is 1.23 bits per heavy atom. The van der Waals surface area contributed by atoms with Gasteiger partial charge >= 0.3 is 0 Å². The van der Waals surface area contributed by atoms with Gasteiger partial charge in [0.2, 0.25) is 0 Å². The molecule has 13 heavy (non-hydrogen) atoms. The first-order valence-corrected chi connectivity index (χ1v) is 4.80. The minimum Gasteiger partial charge on any atom is -0.379 e. The van der Waals surface area contributed by atoms with Crippen molar-refractivity contribution >= 4 is 7.85 Å². The van der Waals surface area contributed by atoms with E-state index in [0.717, 1.165) is 6.42 Å². The molecule has 2 fully saturated rings. The van der Waals surface area contributed by atoms with Crippen molar-refractivity contribution in [2.75, 3.05) is 0 Å². The van der Waals surface area contributed by atoms with E-state index < -0.39 is 5.79 Å². The maximum Gasteiger partial charge on any atom is 0.163 e. The molecule has 3 nitrogen and oxygen atoms in total. The van der Waals surface area contributed by atoms with E-state index in [1.165, 1.54) is 0 Å². The van der Waals surface area contributed by atoms with E-state index >= 15 is 0 Å². The third-order valence-corrected chi connectivity index (χ3v) is 2.59. The Bertz CT molecular complexity index is 207. The van der Waals surface area contributed by atoms with Gasteiger partial charge in [-0.1, -0.05) is 6.92 Å². The van der Waals surface area contributed by atoms with Crippen LogP contribution in [0.2, 0.25) is 0 Å². The Kier molecular flexibility index (Phi) is 2.17. The summed E-state index contributed by atoms with van der Waals surface area (Å²) in [5.41, 5.74) is 0. The largest absolute Gasteiger partial charge is 0.379 e. The van der Waals surface area contributed by atoms with E-state index in [1.54, 1.807) is 0 Å². The van der Waals surface area contributed by atoms with E-state index in [-0.39, 0.29) is 24.3 Å². The molecular weight excluding hydrogens is 167 g/mol. The molecule has 72 valence electrons. The summed E-state index contributed by atoms with van der Waals surface area (Å²) in [6.07, 6.45) is 0.908. The maximum atomic E-state index is 5.78. The van der Waals surface area contributed by atoms with Crippen LogP contribution >= 0.6 is 0 Å². The van der Waals surface area contributed by atoms with Gasteiger partial charge in [-0.05, 0) is 20.3 Å². The van der Waals surface area contributed by atoms with Crippen molar-refractivity contribution in [3.63, 3.8) is 0 Å². The van der Waals surface area contributed by atoms with Gasteiger partial charge in [0.15, 0.2) is 5.79 Å². The van der Waals surface area contributed by atoms with Crippen LogP contribution in [0.15, 0.2) is 0 Å². The van der Waals surface area contributed by atoms with Crippen molar-refractivity contribution in [1.29, 1.82) is 0 Å². The molecule has 0 aromatic carbocycles. The van der Waals surface area contributed by atoms with Gasteiger partial charge in [0.1, 0.15) is 20.1 Å². The lowest BCUT2D eigenvalue weighted by atomic mass is 9.93. The Morgan fingerprint density at radius 3 is 2.46 bits per heavy atom. The van der Waals surface area contributed by atoms with E-state index in [4.69, 9.17) is 22.1 Å². The van der Waals surface area contributed by atoms with Crippen LogP contribution in [0.5, 0.6) is 0 Å². The molecule has 0 aromatic heterocycles. The van der Waals surface area contributed by atoms with Gasteiger partial charge in [0.25, 0.3) is 0 Å². The summed E-state index contributed by atoms with van der Waals surface area (Å²) in [6.45, 7) is 5.88. The first-order valence-electron chi connectivity index (χ1n) is 4.80. The highest BCUT2D eigenvalue weighted by Crippen LogP contribution is 2.38. The van der Waals surface area contributed by atoms with Crippen molar-refractivity contribution in [2.45, 2.75) is 57.3 Å². The van der Waals surface area contributed by atoms with E-state index in [2.05, 4.69) is 6.92 Å². The highest BCUT2D eigenvalue weighted by Gasteiger charge is 2.52. The van der Waals surface area contributed by atoms with Crippen LogP contribution in [0, 0.1) is 0 Å². The lowest BCUT2D eigenvalue weighted by molar-refractivity contribution is -0.179. The van der Waals surface area contributed by atoms with Gasteiger partial charge in [-0.2, -0.15) is 0 Å². The fourth-order valence-electron chi connectivity index (χ4n) is 2.04. The molecule has 2 aliphatic rings. The average Bonchev–Trinajstić information content (AvgIpc) is 2.47. The van der Waals surface area contributed by atoms with Crippen LogP contribution in [0.3, 0.4) is 0 Å². The smallest absolute Gasteiger partial charge is 0.163 e. The molecule has 4 atom stereocenters. The lowest BCUT2D eigenvalue weighted by Gasteiger charge is -2.22. The maximum absolute atomic E-state index is 5.78. The predicted octanol–water partition coefficient (Wildman–Crippen LogP) is 0.810. The normalized spacial score (nSPS) is 47.9. The molecule has 2 radical (unpaired) electrons. The Hall–Kier alpha value is -0.0551. The zero-order chi connectivity index (χ0) is 9.64. The number of hydrogen-bond donors (Lipinski definition) is 0. The van der Waals surface area contributed by atoms with Crippen LogP contribution in [-0.2, 0) is 14.2 Å². The first kappa shape index (κ1) is 9.50. The van der Waals surface area contributed by atoms with Gasteiger partial charge in [0.05, 0.1) is 6.10 Å². The molecule has 0 saturated carbocycles. The fraction of sp³-hybridized carbons (Fsp3) is 1.00. The second-order valence-corrected chi connectivity index (χ2v) is 4.11. The molecule has 1 unspecified atom stereocenters. The molecule has 2 heterocycles. The van der Waals surface area contributed by atoms with Crippen LogP contribution in [0.25, 0.3) is 0 Å². The Labute approximate surface area is 80.1 Å². The molecule has 0 aliphatic carbocycles. The van der Waals surface area contributed by atoms with E-state index in [0.29, 0.717) is 0 Å². The minimum absolute atomic E-state index is 0.00926. The summed E-state index contributed by atoms with van der Waals surface area (Å²) < 4.78 is 16.9. The third-order valence-electron chi connectivity index (χ3n) is 2.59. The van der Waals surface area contributed by atoms with Crippen molar-refractivity contribution in [3.8, 4) is 0 Å². The number of rotatable bonds is 1. The van der Waals surface area contributed by atoms with Gasteiger partial charge in [-0.15, -0.1) is 0 Å². The molecule has 0 aromatic rings. The van der Waals surface area contributed by atoms with Gasteiger partial charge in [-0.3, -0.25) is 0 Å². The molecule has 0 N–H and O–H groups in total. The van der Waals surface area contributed by atoms with Crippen molar-refractivity contribution in [1.82, 2.24) is 0 Å². The van der Waals surface area contributed by atoms with Crippen LogP contribution in [-0.4, -0.2) is 37.9 Å². The highest BCUT2D eigenvalue weighted by atomic mass is 16.8. The highest BCUT2D eigenvalue weighted by molar-refractivity contribution is 6.11. The molecule has 2 saturated heterocycles. The summed E-state index contributed by atoms with van der Waals surface area (Å²) in [5, 5.41) is 0. The van der Waals surface area contributed by atoms with E-state index in [1.807, 2.05) is 13.8 Å². The number of ether oxygens (including phenoxy) is 3. The van der Waals surface area contributed by atoms with Gasteiger partial charge < -0.3 is 14.2 Å². The van der Waals surface area contributed by atoms with Crippen LogP contribution < -0.4 is 0 Å². The second kappa shape index (κ2) is 2.97. The molecular formula is C9H15BO3. The summed E-state index contributed by atoms with van der Waals surface area (Å²) in [5.74, 6) is -0.510. The van der Waals surface area contributed by atoms with Crippen molar-refractivity contribution in [3.05, 3.63) is 0 Å². The summed E-state index contributed by atoms with van der Waals surface area (Å²) >= 11 is 0. The second-order valence-electron chi connectivity index (χ2n) is 4.11. The standard InChI is InChI=1S/C9H15BO3/c1-4-5-6-7(8(10)11-5)13-9(2,3)12-6/h5-8H,4H2,1-3H3/t5-,6?,7+,8-/m1/s1. The average molecular weight is 182 g/mol. The van der Waals surface area contributed by atoms with Crippen molar-refractivity contribution in [2.24, 2.45) is 0 Å². The zero-order valence-electron chi connectivity index (χ0n) is 8.32. The minimum atomic E-state index is -0.510. The summed E-state index contributed by atoms with van der Waals surface area (Å²) in [6, 6.07) is -0.336. The Balaban J connectivity index is 2.12. The SMILES string of the molecule is [B][C@@H]1O[C@H](CC)C2OC(C)(C)O[C@@H]21.